The zero-order chi connectivity index (χ0) is 20.8. The first kappa shape index (κ1) is 20.7. The third-order valence-corrected chi connectivity index (χ3v) is 5.99. The Morgan fingerprint density at radius 2 is 1.69 bits per heavy atom. The summed E-state index contributed by atoms with van der Waals surface area (Å²) in [6.45, 7) is 3.27. The molecule has 0 aromatic heterocycles. The van der Waals surface area contributed by atoms with Crippen LogP contribution in [0.3, 0.4) is 0 Å². The molecule has 0 spiro atoms. The van der Waals surface area contributed by atoms with Gasteiger partial charge in [-0.25, -0.2) is 4.79 Å². The predicted octanol–water partition coefficient (Wildman–Crippen LogP) is 4.00. The van der Waals surface area contributed by atoms with E-state index in [1.165, 1.54) is 0 Å². The smallest absolute Gasteiger partial charge is 0.339 e. The lowest BCUT2D eigenvalue weighted by Gasteiger charge is -2.17. The van der Waals surface area contributed by atoms with Crippen LogP contribution in [0, 0.1) is 0 Å². The second-order valence-corrected chi connectivity index (χ2v) is 8.27. The van der Waals surface area contributed by atoms with E-state index in [-0.39, 0.29) is 11.6 Å². The summed E-state index contributed by atoms with van der Waals surface area (Å²) in [4.78, 5) is 25.1. The molecule has 1 amide bonds. The normalized spacial score (nSPS) is 12.9. The summed E-state index contributed by atoms with van der Waals surface area (Å²) in [6.07, 6.45) is 0. The number of rotatable bonds is 7. The van der Waals surface area contributed by atoms with Crippen LogP contribution in [-0.4, -0.2) is 28.4 Å². The first-order valence-corrected chi connectivity index (χ1v) is 10.7. The highest BCUT2D eigenvalue weighted by Gasteiger charge is 2.18. The molecule has 2 atom stereocenters. The van der Waals surface area contributed by atoms with Crippen LogP contribution < -0.4 is 5.32 Å². The maximum atomic E-state index is 12.4. The molecule has 5 nitrogen and oxygen atoms in total. The standard InChI is InChI=1S/C23H23NO4S/c1-3-29(27)21-14-7-6-12-20(21)23(26)28-15-22(25)24-16(2)18-13-8-10-17-9-4-5-11-19(17)18/h4-14,16H,3,15H2,1-2H3,(H,24,25)/t16-,29+/m1/s1. The van der Waals surface area contributed by atoms with Gasteiger partial charge in [-0.15, -0.1) is 0 Å². The van der Waals surface area contributed by atoms with Crippen LogP contribution in [0.2, 0.25) is 0 Å². The minimum atomic E-state index is -1.29. The van der Waals surface area contributed by atoms with Gasteiger partial charge in [0.25, 0.3) is 5.91 Å². The molecule has 0 radical (unpaired) electrons. The number of hydrogen-bond acceptors (Lipinski definition) is 4. The summed E-state index contributed by atoms with van der Waals surface area (Å²) in [5.41, 5.74) is 1.22. The van der Waals surface area contributed by atoms with Gasteiger partial charge in [0.1, 0.15) is 0 Å². The molecule has 3 rings (SSSR count). The van der Waals surface area contributed by atoms with Gasteiger partial charge in [-0.05, 0) is 35.4 Å². The highest BCUT2D eigenvalue weighted by Crippen LogP contribution is 2.24. The SMILES string of the molecule is CC[S@](=O)c1ccccc1C(=O)OCC(=O)N[C@H](C)c1cccc2ccccc12. The molecule has 0 saturated heterocycles. The fraction of sp³-hybridized carbons (Fsp3) is 0.217. The Morgan fingerprint density at radius 3 is 2.48 bits per heavy atom. The topological polar surface area (TPSA) is 72.5 Å². The number of ether oxygens (including phenoxy) is 1. The van der Waals surface area contributed by atoms with Crippen molar-refractivity contribution in [2.45, 2.75) is 24.8 Å². The average molecular weight is 410 g/mol. The Kier molecular flexibility index (Phi) is 6.77. The highest BCUT2D eigenvalue weighted by molar-refractivity contribution is 7.85. The molecule has 6 heteroatoms. The van der Waals surface area contributed by atoms with E-state index in [4.69, 9.17) is 4.74 Å². The van der Waals surface area contributed by atoms with Crippen LogP contribution in [0.1, 0.15) is 35.8 Å². The van der Waals surface area contributed by atoms with E-state index in [1.807, 2.05) is 49.4 Å². The van der Waals surface area contributed by atoms with Crippen LogP contribution in [0.4, 0.5) is 0 Å². The second-order valence-electron chi connectivity index (χ2n) is 6.56. The molecule has 1 N–H and O–H groups in total. The molecular formula is C23H23NO4S. The van der Waals surface area contributed by atoms with Crippen molar-refractivity contribution in [1.82, 2.24) is 5.32 Å². The third-order valence-electron chi connectivity index (χ3n) is 4.62. The minimum absolute atomic E-state index is 0.225. The van der Waals surface area contributed by atoms with E-state index in [0.29, 0.717) is 10.6 Å². The van der Waals surface area contributed by atoms with E-state index in [9.17, 15) is 13.8 Å². The maximum Gasteiger partial charge on any atom is 0.339 e. The van der Waals surface area contributed by atoms with Crippen molar-refractivity contribution >= 4 is 33.4 Å². The zero-order valence-electron chi connectivity index (χ0n) is 16.4. The lowest BCUT2D eigenvalue weighted by atomic mass is 10.00. The van der Waals surface area contributed by atoms with Gasteiger partial charge in [-0.1, -0.05) is 61.5 Å². The van der Waals surface area contributed by atoms with Gasteiger partial charge in [0.15, 0.2) is 6.61 Å². The molecule has 0 bridgehead atoms. The largest absolute Gasteiger partial charge is 0.452 e. The van der Waals surface area contributed by atoms with Crippen molar-refractivity contribution in [3.63, 3.8) is 0 Å². The van der Waals surface area contributed by atoms with Crippen LogP contribution in [0.15, 0.2) is 71.6 Å². The molecule has 0 aliphatic carbocycles. The van der Waals surface area contributed by atoms with Crippen LogP contribution in [0.25, 0.3) is 10.8 Å². The first-order chi connectivity index (χ1) is 14.0. The average Bonchev–Trinajstić information content (AvgIpc) is 2.76. The zero-order valence-corrected chi connectivity index (χ0v) is 17.2. The number of esters is 1. The van der Waals surface area contributed by atoms with Crippen molar-refractivity contribution in [3.05, 3.63) is 77.9 Å². The van der Waals surface area contributed by atoms with Crippen molar-refractivity contribution in [2.75, 3.05) is 12.4 Å². The Labute approximate surface area is 172 Å². The highest BCUT2D eigenvalue weighted by atomic mass is 32.2. The van der Waals surface area contributed by atoms with E-state index >= 15 is 0 Å². The van der Waals surface area contributed by atoms with Gasteiger partial charge >= 0.3 is 5.97 Å². The number of carbonyl (C=O) groups is 2. The molecule has 3 aromatic carbocycles. The number of hydrogen-bond donors (Lipinski definition) is 1. The van der Waals surface area contributed by atoms with Crippen LogP contribution in [-0.2, 0) is 20.3 Å². The quantitative estimate of drug-likeness (QED) is 0.599. The Morgan fingerprint density at radius 1 is 1.00 bits per heavy atom. The Balaban J connectivity index is 1.64. The fourth-order valence-electron chi connectivity index (χ4n) is 3.19. The van der Waals surface area contributed by atoms with E-state index < -0.39 is 29.3 Å². The summed E-state index contributed by atoms with van der Waals surface area (Å²) < 4.78 is 17.3. The minimum Gasteiger partial charge on any atom is -0.452 e. The van der Waals surface area contributed by atoms with Gasteiger partial charge in [0.05, 0.1) is 27.3 Å². The molecule has 0 fully saturated rings. The van der Waals surface area contributed by atoms with Crippen molar-refractivity contribution < 1.29 is 18.5 Å². The lowest BCUT2D eigenvalue weighted by molar-refractivity contribution is -0.124. The van der Waals surface area contributed by atoms with Crippen molar-refractivity contribution in [1.29, 1.82) is 0 Å². The van der Waals surface area contributed by atoms with Crippen LogP contribution in [0.5, 0.6) is 0 Å². The number of carbonyl (C=O) groups excluding carboxylic acids is 2. The van der Waals surface area contributed by atoms with Gasteiger partial charge in [-0.3, -0.25) is 9.00 Å². The summed E-state index contributed by atoms with van der Waals surface area (Å²) in [5, 5.41) is 5.03. The maximum absolute atomic E-state index is 12.4. The molecule has 0 saturated carbocycles. The molecular weight excluding hydrogens is 386 g/mol. The monoisotopic (exact) mass is 409 g/mol. The van der Waals surface area contributed by atoms with Gasteiger partial charge in [0, 0.05) is 5.75 Å². The predicted molar refractivity (Wildman–Crippen MR) is 114 cm³/mol. The van der Waals surface area contributed by atoms with E-state index in [2.05, 4.69) is 5.32 Å². The summed E-state index contributed by atoms with van der Waals surface area (Å²) in [5.74, 6) is -0.656. The van der Waals surface area contributed by atoms with Crippen LogP contribution >= 0.6 is 0 Å². The number of benzene rings is 3. The first-order valence-electron chi connectivity index (χ1n) is 9.42. The molecule has 0 aliphatic heterocycles. The summed E-state index contributed by atoms with van der Waals surface area (Å²) in [7, 11) is -1.29. The van der Waals surface area contributed by atoms with Gasteiger partial charge in [0.2, 0.25) is 0 Å². The molecule has 150 valence electrons. The number of nitrogens with one attached hydrogen (secondary N) is 1. The molecule has 0 aliphatic rings. The van der Waals surface area contributed by atoms with Gasteiger partial charge in [-0.2, -0.15) is 0 Å². The Hall–Kier alpha value is -2.99. The molecule has 29 heavy (non-hydrogen) atoms. The Bertz CT molecular complexity index is 1060. The molecule has 0 heterocycles. The number of fused-ring (bicyclic) bond motifs is 1. The number of amides is 1. The van der Waals surface area contributed by atoms with E-state index in [1.54, 1.807) is 31.2 Å². The second kappa shape index (κ2) is 9.47. The molecule has 0 unspecified atom stereocenters. The van der Waals surface area contributed by atoms with Crippen molar-refractivity contribution in [2.24, 2.45) is 0 Å². The fourth-order valence-corrected chi connectivity index (χ4v) is 4.13. The van der Waals surface area contributed by atoms with E-state index in [0.717, 1.165) is 16.3 Å². The summed E-state index contributed by atoms with van der Waals surface area (Å²) in [6, 6.07) is 20.2. The lowest BCUT2D eigenvalue weighted by Crippen LogP contribution is -2.31. The van der Waals surface area contributed by atoms with Crippen molar-refractivity contribution in [3.8, 4) is 0 Å². The third kappa shape index (κ3) is 4.90. The summed E-state index contributed by atoms with van der Waals surface area (Å²) >= 11 is 0. The van der Waals surface area contributed by atoms with Gasteiger partial charge < -0.3 is 10.1 Å². The molecule has 3 aromatic rings.